The average Bonchev–Trinajstić information content (AvgIpc) is 2.26. The third kappa shape index (κ3) is 2.14. The van der Waals surface area contributed by atoms with E-state index in [1.807, 2.05) is 0 Å². The largest absolute Gasteiger partial charge is 0.325 e. The van der Waals surface area contributed by atoms with Gasteiger partial charge in [-0.05, 0) is 6.07 Å². The van der Waals surface area contributed by atoms with Crippen LogP contribution in [-0.4, -0.2) is 11.3 Å². The smallest absolute Gasteiger partial charge is 0.266 e. The zero-order valence-corrected chi connectivity index (χ0v) is 7.58. The summed E-state index contributed by atoms with van der Waals surface area (Å²) >= 11 is 0. The average molecular weight is 211 g/mol. The zero-order valence-electron chi connectivity index (χ0n) is 7.58. The van der Waals surface area contributed by atoms with Crippen LogP contribution in [0.2, 0.25) is 0 Å². The molecule has 0 aliphatic heterocycles. The van der Waals surface area contributed by atoms with E-state index >= 15 is 0 Å². The molecule has 15 heavy (non-hydrogen) atoms. The third-order valence-electron chi connectivity index (χ3n) is 1.81. The Bertz CT molecular complexity index is 426. The molecule has 0 bridgehead atoms. The first kappa shape index (κ1) is 11.2. The van der Waals surface area contributed by atoms with Gasteiger partial charge in [0.1, 0.15) is 5.69 Å². The molecule has 4 nitrogen and oxygen atoms in total. The second kappa shape index (κ2) is 4.57. The van der Waals surface area contributed by atoms with Crippen molar-refractivity contribution in [3.05, 3.63) is 28.6 Å². The highest BCUT2D eigenvalue weighted by Gasteiger charge is 2.19. The fraction of sp³-hybridized carbons (Fsp3) is 0.222. The minimum absolute atomic E-state index is 0.0728. The van der Waals surface area contributed by atoms with Crippen molar-refractivity contribution < 1.29 is 13.6 Å². The normalized spacial score (nSPS) is 10.1. The number of nitriles is 1. The number of rotatable bonds is 3. The predicted molar refractivity (Wildman–Crippen MR) is 47.2 cm³/mol. The van der Waals surface area contributed by atoms with Crippen LogP contribution < -0.4 is 5.73 Å². The maximum Gasteiger partial charge on any atom is 0.266 e. The lowest BCUT2D eigenvalue weighted by atomic mass is 10.1. The lowest BCUT2D eigenvalue weighted by molar-refractivity contribution is 0.111. The van der Waals surface area contributed by atoms with Crippen molar-refractivity contribution in [1.29, 1.82) is 5.26 Å². The van der Waals surface area contributed by atoms with Crippen molar-refractivity contribution in [2.45, 2.75) is 13.0 Å². The van der Waals surface area contributed by atoms with Gasteiger partial charge in [0.2, 0.25) is 0 Å². The highest BCUT2D eigenvalue weighted by Crippen LogP contribution is 2.25. The fourth-order valence-corrected chi connectivity index (χ4v) is 1.18. The summed E-state index contributed by atoms with van der Waals surface area (Å²) < 4.78 is 25.1. The number of halogens is 2. The summed E-state index contributed by atoms with van der Waals surface area (Å²) in [4.78, 5) is 14.0. The molecule has 0 saturated carbocycles. The first-order valence-electron chi connectivity index (χ1n) is 4.01. The van der Waals surface area contributed by atoms with Gasteiger partial charge in [-0.1, -0.05) is 0 Å². The highest BCUT2D eigenvalue weighted by molar-refractivity contribution is 5.73. The van der Waals surface area contributed by atoms with Crippen LogP contribution in [0.3, 0.4) is 0 Å². The number of carbonyl (C=O) groups is 1. The number of nitrogens with two attached hydrogens (primary N) is 1. The van der Waals surface area contributed by atoms with Crippen molar-refractivity contribution in [3.63, 3.8) is 0 Å². The van der Waals surface area contributed by atoms with Gasteiger partial charge in [0, 0.05) is 6.54 Å². The van der Waals surface area contributed by atoms with Gasteiger partial charge in [-0.2, -0.15) is 5.26 Å². The molecule has 0 atom stereocenters. The molecule has 0 aromatic carbocycles. The second-order valence-electron chi connectivity index (χ2n) is 2.69. The number of aromatic nitrogens is 1. The van der Waals surface area contributed by atoms with E-state index in [2.05, 4.69) is 4.98 Å². The van der Waals surface area contributed by atoms with Gasteiger partial charge in [0.15, 0.2) is 6.29 Å². The Morgan fingerprint density at radius 3 is 2.73 bits per heavy atom. The van der Waals surface area contributed by atoms with E-state index in [4.69, 9.17) is 11.0 Å². The van der Waals surface area contributed by atoms with Gasteiger partial charge in [0.25, 0.3) is 6.43 Å². The van der Waals surface area contributed by atoms with Gasteiger partial charge >= 0.3 is 0 Å². The highest BCUT2D eigenvalue weighted by atomic mass is 19.3. The van der Waals surface area contributed by atoms with Crippen LogP contribution in [0.4, 0.5) is 8.78 Å². The topological polar surface area (TPSA) is 79.8 Å². The molecule has 78 valence electrons. The lowest BCUT2D eigenvalue weighted by Gasteiger charge is -2.08. The Morgan fingerprint density at radius 1 is 1.67 bits per heavy atom. The van der Waals surface area contributed by atoms with Crippen molar-refractivity contribution in [1.82, 2.24) is 4.98 Å². The van der Waals surface area contributed by atoms with Crippen LogP contribution in [0.5, 0.6) is 0 Å². The van der Waals surface area contributed by atoms with Crippen LogP contribution in [0.25, 0.3) is 0 Å². The van der Waals surface area contributed by atoms with Gasteiger partial charge in [-0.3, -0.25) is 4.79 Å². The monoisotopic (exact) mass is 211 g/mol. The van der Waals surface area contributed by atoms with Crippen molar-refractivity contribution in [2.75, 3.05) is 0 Å². The summed E-state index contributed by atoms with van der Waals surface area (Å²) in [6, 6.07) is 2.61. The molecule has 0 amide bonds. The molecule has 1 aromatic rings. The van der Waals surface area contributed by atoms with Crippen LogP contribution in [0, 0.1) is 11.3 Å². The molecule has 0 spiro atoms. The number of hydrogen-bond donors (Lipinski definition) is 1. The summed E-state index contributed by atoms with van der Waals surface area (Å²) in [7, 11) is 0. The van der Waals surface area contributed by atoms with Gasteiger partial charge < -0.3 is 5.73 Å². The standard InChI is InChI=1S/C9H7F2N3O/c10-9(11)8-5(2-12)1-6(4-15)14-7(8)3-13/h1,4,9H,3,13H2. The molecular formula is C9H7F2N3O. The Balaban J connectivity index is 3.47. The van der Waals surface area contributed by atoms with E-state index in [0.29, 0.717) is 6.29 Å². The van der Waals surface area contributed by atoms with Crippen LogP contribution in [0.15, 0.2) is 6.07 Å². The second-order valence-corrected chi connectivity index (χ2v) is 2.69. The third-order valence-corrected chi connectivity index (χ3v) is 1.81. The first-order chi connectivity index (χ1) is 7.13. The fourth-order valence-electron chi connectivity index (χ4n) is 1.18. The number of hydrogen-bond acceptors (Lipinski definition) is 4. The van der Waals surface area contributed by atoms with E-state index in [-0.39, 0.29) is 23.5 Å². The van der Waals surface area contributed by atoms with Crippen molar-refractivity contribution >= 4 is 6.29 Å². The Labute approximate surface area is 84.3 Å². The quantitative estimate of drug-likeness (QED) is 0.761. The summed E-state index contributed by atoms with van der Waals surface area (Å²) in [6.45, 7) is -0.240. The lowest BCUT2D eigenvalue weighted by Crippen LogP contribution is -2.09. The molecule has 1 rings (SSSR count). The Morgan fingerprint density at radius 2 is 2.33 bits per heavy atom. The molecule has 0 radical (unpaired) electrons. The molecule has 0 aliphatic rings. The molecule has 0 saturated heterocycles. The molecule has 1 aromatic heterocycles. The maximum atomic E-state index is 12.6. The van der Waals surface area contributed by atoms with E-state index in [1.54, 1.807) is 6.07 Å². The Hall–Kier alpha value is -1.87. The summed E-state index contributed by atoms with van der Waals surface area (Å²) in [5, 5.41) is 8.64. The molecule has 0 aliphatic carbocycles. The van der Waals surface area contributed by atoms with E-state index in [1.165, 1.54) is 0 Å². The van der Waals surface area contributed by atoms with Crippen molar-refractivity contribution in [2.24, 2.45) is 5.73 Å². The van der Waals surface area contributed by atoms with E-state index < -0.39 is 12.0 Å². The summed E-state index contributed by atoms with van der Waals surface area (Å²) in [5.41, 5.74) is 4.27. The molecular weight excluding hydrogens is 204 g/mol. The number of aldehydes is 1. The number of pyridine rings is 1. The predicted octanol–water partition coefficient (Wildman–Crippen LogP) is 1.16. The van der Waals surface area contributed by atoms with E-state index in [0.717, 1.165) is 6.07 Å². The van der Waals surface area contributed by atoms with Crippen LogP contribution in [0.1, 0.15) is 33.7 Å². The first-order valence-corrected chi connectivity index (χ1v) is 4.01. The molecule has 2 N–H and O–H groups in total. The summed E-state index contributed by atoms with van der Waals surface area (Å²) in [6.07, 6.45) is -2.44. The minimum atomic E-state index is -2.83. The van der Waals surface area contributed by atoms with Crippen LogP contribution >= 0.6 is 0 Å². The number of alkyl halides is 2. The van der Waals surface area contributed by atoms with E-state index in [9.17, 15) is 13.6 Å². The summed E-state index contributed by atoms with van der Waals surface area (Å²) in [5.74, 6) is 0. The van der Waals surface area contributed by atoms with Crippen molar-refractivity contribution in [3.8, 4) is 6.07 Å². The Kier molecular flexibility index (Phi) is 3.42. The number of nitrogens with zero attached hydrogens (tertiary/aromatic N) is 2. The molecule has 1 heterocycles. The number of carbonyl (C=O) groups excluding carboxylic acids is 1. The molecule has 6 heteroatoms. The van der Waals surface area contributed by atoms with Gasteiger partial charge in [0.05, 0.1) is 22.9 Å². The van der Waals surface area contributed by atoms with Gasteiger partial charge in [-0.15, -0.1) is 0 Å². The molecule has 0 fully saturated rings. The minimum Gasteiger partial charge on any atom is -0.325 e. The zero-order chi connectivity index (χ0) is 11.4. The molecule has 0 unspecified atom stereocenters. The van der Waals surface area contributed by atoms with Crippen LogP contribution in [-0.2, 0) is 6.54 Å². The maximum absolute atomic E-state index is 12.6. The van der Waals surface area contributed by atoms with Gasteiger partial charge in [-0.25, -0.2) is 13.8 Å². The SMILES string of the molecule is N#Cc1cc(C=O)nc(CN)c1C(F)F.